The summed E-state index contributed by atoms with van der Waals surface area (Å²) in [5, 5.41) is 2.78. The summed E-state index contributed by atoms with van der Waals surface area (Å²) in [6, 6.07) is 14.5. The predicted octanol–water partition coefficient (Wildman–Crippen LogP) is 2.21. The second-order valence-electron chi connectivity index (χ2n) is 7.44. The lowest BCUT2D eigenvalue weighted by atomic mass is 10.1. The summed E-state index contributed by atoms with van der Waals surface area (Å²) in [5.74, 6) is 0.250. The van der Waals surface area contributed by atoms with Gasteiger partial charge in [-0.3, -0.25) is 18.7 Å². The Balaban J connectivity index is 1.69. The first-order valence-electron chi connectivity index (χ1n) is 10.5. The van der Waals surface area contributed by atoms with Gasteiger partial charge in [0.2, 0.25) is 5.91 Å². The van der Waals surface area contributed by atoms with Gasteiger partial charge in [-0.25, -0.2) is 14.8 Å². The molecule has 0 spiro atoms. The third-order valence-corrected chi connectivity index (χ3v) is 5.29. The van der Waals surface area contributed by atoms with Crippen LogP contribution in [0.4, 0.5) is 5.69 Å². The lowest BCUT2D eigenvalue weighted by Gasteiger charge is -2.13. The van der Waals surface area contributed by atoms with Crippen LogP contribution in [0.3, 0.4) is 0 Å². The van der Waals surface area contributed by atoms with Crippen LogP contribution in [0, 0.1) is 0 Å². The van der Waals surface area contributed by atoms with Gasteiger partial charge in [0.25, 0.3) is 5.56 Å². The number of nitrogens with zero attached hydrogens (tertiary/aromatic N) is 4. The molecule has 0 saturated heterocycles. The third kappa shape index (κ3) is 4.67. The van der Waals surface area contributed by atoms with E-state index in [1.54, 1.807) is 31.4 Å². The van der Waals surface area contributed by atoms with Crippen molar-refractivity contribution < 1.29 is 9.53 Å². The molecular formula is C24H23N5O4. The maximum atomic E-state index is 13.3. The minimum absolute atomic E-state index is 0.0192. The molecule has 9 nitrogen and oxygen atoms in total. The number of ether oxygens (including phenoxy) is 1. The number of fused-ring (bicyclic) bond motifs is 1. The van der Waals surface area contributed by atoms with Crippen molar-refractivity contribution >= 4 is 22.8 Å². The maximum Gasteiger partial charge on any atom is 0.333 e. The van der Waals surface area contributed by atoms with Gasteiger partial charge in [0, 0.05) is 18.1 Å². The number of hydrogen-bond donors (Lipinski definition) is 1. The Labute approximate surface area is 189 Å². The summed E-state index contributed by atoms with van der Waals surface area (Å²) in [6.45, 7) is 1.76. The number of hydrogen-bond acceptors (Lipinski definition) is 6. The number of carbonyl (C=O) groups excluding carboxylic acids is 1. The lowest BCUT2D eigenvalue weighted by molar-refractivity contribution is -0.116. The topological polar surface area (TPSA) is 108 Å². The van der Waals surface area contributed by atoms with E-state index in [9.17, 15) is 14.4 Å². The highest BCUT2D eigenvalue weighted by atomic mass is 16.5. The van der Waals surface area contributed by atoms with E-state index in [1.165, 1.54) is 17.0 Å². The molecule has 0 radical (unpaired) electrons. The van der Waals surface area contributed by atoms with Gasteiger partial charge >= 0.3 is 5.69 Å². The predicted molar refractivity (Wildman–Crippen MR) is 125 cm³/mol. The van der Waals surface area contributed by atoms with Crippen LogP contribution in [0.25, 0.3) is 11.2 Å². The zero-order valence-corrected chi connectivity index (χ0v) is 18.3. The standard InChI is InChI=1S/C24H23N5O4/c1-3-16-4-8-18(9-5-16)27-20(30)15-28-22-21(25-12-13-26-22)23(31)29(24(28)32)14-17-6-10-19(33-2)11-7-17/h4-13H,3,14-15H2,1-2H3,(H,27,30). The first-order chi connectivity index (χ1) is 16.0. The van der Waals surface area contributed by atoms with Crippen LogP contribution in [0.2, 0.25) is 0 Å². The van der Waals surface area contributed by atoms with Crippen molar-refractivity contribution in [1.82, 2.24) is 19.1 Å². The Morgan fingerprint density at radius 3 is 2.27 bits per heavy atom. The highest BCUT2D eigenvalue weighted by molar-refractivity contribution is 5.91. The van der Waals surface area contributed by atoms with E-state index in [-0.39, 0.29) is 24.3 Å². The number of amides is 1. The molecule has 33 heavy (non-hydrogen) atoms. The molecule has 0 aliphatic heterocycles. The van der Waals surface area contributed by atoms with Crippen molar-refractivity contribution in [2.75, 3.05) is 12.4 Å². The molecule has 0 bridgehead atoms. The number of anilines is 1. The first kappa shape index (κ1) is 21.9. The highest BCUT2D eigenvalue weighted by Crippen LogP contribution is 2.12. The fraction of sp³-hybridized carbons (Fsp3) is 0.208. The molecule has 2 heterocycles. The molecule has 0 aliphatic rings. The van der Waals surface area contributed by atoms with Gasteiger partial charge in [-0.1, -0.05) is 31.2 Å². The maximum absolute atomic E-state index is 13.3. The van der Waals surface area contributed by atoms with Crippen LogP contribution < -0.4 is 21.3 Å². The summed E-state index contributed by atoms with van der Waals surface area (Å²) in [6.07, 6.45) is 3.66. The Bertz CT molecular complexity index is 1410. The Hall–Kier alpha value is -4.27. The van der Waals surface area contributed by atoms with E-state index in [0.29, 0.717) is 11.4 Å². The van der Waals surface area contributed by atoms with Gasteiger partial charge in [-0.15, -0.1) is 0 Å². The van der Waals surface area contributed by atoms with Crippen molar-refractivity contribution in [2.24, 2.45) is 0 Å². The Morgan fingerprint density at radius 2 is 1.61 bits per heavy atom. The monoisotopic (exact) mass is 445 g/mol. The fourth-order valence-corrected chi connectivity index (χ4v) is 3.49. The molecule has 0 atom stereocenters. The number of methoxy groups -OCH3 is 1. The normalized spacial score (nSPS) is 10.8. The minimum atomic E-state index is -0.639. The molecule has 0 aliphatic carbocycles. The van der Waals surface area contributed by atoms with Gasteiger partial charge in [0.15, 0.2) is 11.2 Å². The van der Waals surface area contributed by atoms with Crippen molar-refractivity contribution in [3.63, 3.8) is 0 Å². The van der Waals surface area contributed by atoms with Crippen LogP contribution >= 0.6 is 0 Å². The van der Waals surface area contributed by atoms with Gasteiger partial charge in [0.05, 0.1) is 13.7 Å². The van der Waals surface area contributed by atoms with E-state index in [1.807, 2.05) is 31.2 Å². The van der Waals surface area contributed by atoms with E-state index < -0.39 is 17.2 Å². The molecule has 0 unspecified atom stereocenters. The fourth-order valence-electron chi connectivity index (χ4n) is 3.49. The van der Waals surface area contributed by atoms with Gasteiger partial charge in [0.1, 0.15) is 12.3 Å². The molecule has 168 valence electrons. The Kier molecular flexibility index (Phi) is 6.30. The van der Waals surface area contributed by atoms with Crippen molar-refractivity contribution in [3.8, 4) is 5.75 Å². The number of rotatable bonds is 7. The molecule has 0 fully saturated rings. The number of nitrogens with one attached hydrogen (secondary N) is 1. The smallest absolute Gasteiger partial charge is 0.333 e. The number of benzene rings is 2. The zero-order valence-electron chi connectivity index (χ0n) is 18.3. The van der Waals surface area contributed by atoms with Crippen LogP contribution in [0.5, 0.6) is 5.75 Å². The molecule has 1 amide bonds. The van der Waals surface area contributed by atoms with Gasteiger partial charge in [-0.05, 0) is 41.8 Å². The molecule has 2 aromatic carbocycles. The van der Waals surface area contributed by atoms with Crippen LogP contribution in [-0.2, 0) is 24.3 Å². The van der Waals surface area contributed by atoms with Crippen molar-refractivity contribution in [1.29, 1.82) is 0 Å². The molecule has 9 heteroatoms. The average molecular weight is 445 g/mol. The molecule has 4 aromatic rings. The summed E-state index contributed by atoms with van der Waals surface area (Å²) in [7, 11) is 1.56. The van der Waals surface area contributed by atoms with E-state index in [2.05, 4.69) is 15.3 Å². The van der Waals surface area contributed by atoms with E-state index in [0.717, 1.165) is 22.1 Å². The summed E-state index contributed by atoms with van der Waals surface area (Å²) in [5.41, 5.74) is 1.38. The van der Waals surface area contributed by atoms with Gasteiger partial charge in [-0.2, -0.15) is 0 Å². The second kappa shape index (κ2) is 9.47. The third-order valence-electron chi connectivity index (χ3n) is 5.29. The molecule has 4 rings (SSSR count). The number of carbonyl (C=O) groups is 1. The van der Waals surface area contributed by atoms with Crippen LogP contribution in [-0.4, -0.2) is 32.1 Å². The van der Waals surface area contributed by atoms with Gasteiger partial charge < -0.3 is 10.1 Å². The quantitative estimate of drug-likeness (QED) is 0.467. The van der Waals surface area contributed by atoms with Crippen LogP contribution in [0.1, 0.15) is 18.1 Å². The largest absolute Gasteiger partial charge is 0.497 e. The van der Waals surface area contributed by atoms with Crippen molar-refractivity contribution in [3.05, 3.63) is 92.9 Å². The lowest BCUT2D eigenvalue weighted by Crippen LogP contribution is -2.42. The van der Waals surface area contributed by atoms with E-state index in [4.69, 9.17) is 4.74 Å². The number of aryl methyl sites for hydroxylation is 1. The summed E-state index contributed by atoms with van der Waals surface area (Å²) < 4.78 is 7.38. The SMILES string of the molecule is CCc1ccc(NC(=O)Cn2c(=O)n(Cc3ccc(OC)cc3)c(=O)c3nccnc32)cc1. The second-order valence-corrected chi connectivity index (χ2v) is 7.44. The van der Waals surface area contributed by atoms with Crippen molar-refractivity contribution in [2.45, 2.75) is 26.4 Å². The Morgan fingerprint density at radius 1 is 0.939 bits per heavy atom. The molecule has 0 saturated carbocycles. The first-order valence-corrected chi connectivity index (χ1v) is 10.5. The zero-order chi connectivity index (χ0) is 23.4. The van der Waals surface area contributed by atoms with E-state index >= 15 is 0 Å². The summed E-state index contributed by atoms with van der Waals surface area (Å²) in [4.78, 5) is 47.2. The number of aromatic nitrogens is 4. The minimum Gasteiger partial charge on any atom is -0.497 e. The van der Waals surface area contributed by atoms with Crippen LogP contribution in [0.15, 0.2) is 70.5 Å². The summed E-state index contributed by atoms with van der Waals surface area (Å²) >= 11 is 0. The molecular weight excluding hydrogens is 422 g/mol. The highest BCUT2D eigenvalue weighted by Gasteiger charge is 2.17. The average Bonchev–Trinajstić information content (AvgIpc) is 2.85. The molecule has 2 aromatic heterocycles. The molecule has 1 N–H and O–H groups in total.